The summed E-state index contributed by atoms with van der Waals surface area (Å²) in [5, 5.41) is 5.90. The lowest BCUT2D eigenvalue weighted by molar-refractivity contribution is -0.115. The fourth-order valence-electron chi connectivity index (χ4n) is 1.15. The Labute approximate surface area is 109 Å². The van der Waals surface area contributed by atoms with Crippen molar-refractivity contribution < 1.29 is 4.79 Å². The molecule has 2 N–H and O–H groups in total. The van der Waals surface area contributed by atoms with Gasteiger partial charge in [0.2, 0.25) is 5.91 Å². The third kappa shape index (κ3) is 5.53. The van der Waals surface area contributed by atoms with Crippen LogP contribution in [-0.2, 0) is 4.79 Å². The van der Waals surface area contributed by atoms with Crippen LogP contribution in [0, 0.1) is 0 Å². The molecule has 5 heteroatoms. The molecule has 16 heavy (non-hydrogen) atoms. The summed E-state index contributed by atoms with van der Waals surface area (Å²) in [7, 11) is 0. The minimum absolute atomic E-state index is 0.0146. The zero-order valence-electron chi connectivity index (χ0n) is 9.13. The Balaban J connectivity index is 2.29. The number of amides is 1. The van der Waals surface area contributed by atoms with Gasteiger partial charge in [-0.05, 0) is 24.5 Å². The third-order valence-corrected chi connectivity index (χ3v) is 2.98. The molecule has 3 nitrogen and oxygen atoms in total. The molecule has 88 valence electrons. The van der Waals surface area contributed by atoms with Gasteiger partial charge < -0.3 is 10.6 Å². The summed E-state index contributed by atoms with van der Waals surface area (Å²) >= 11 is 5.11. The van der Waals surface area contributed by atoms with Gasteiger partial charge in [-0.15, -0.1) is 0 Å². The van der Waals surface area contributed by atoms with E-state index in [1.807, 2.05) is 30.5 Å². The molecule has 1 amide bonds. The van der Waals surface area contributed by atoms with Crippen LogP contribution < -0.4 is 10.6 Å². The molecule has 1 rings (SSSR count). The van der Waals surface area contributed by atoms with E-state index in [-0.39, 0.29) is 5.91 Å². The second-order valence-corrected chi connectivity index (χ2v) is 5.13. The zero-order chi connectivity index (χ0) is 11.8. The van der Waals surface area contributed by atoms with Crippen molar-refractivity contribution in [3.8, 4) is 0 Å². The SMILES string of the molecule is CSCCNCC(=O)Nc1cccc(Br)c1. The van der Waals surface area contributed by atoms with Crippen molar-refractivity contribution in [1.82, 2.24) is 5.32 Å². The number of nitrogens with one attached hydrogen (secondary N) is 2. The fraction of sp³-hybridized carbons (Fsp3) is 0.364. The first-order valence-electron chi connectivity index (χ1n) is 4.97. The molecule has 0 saturated heterocycles. The van der Waals surface area contributed by atoms with E-state index in [1.165, 1.54) is 0 Å². The molecule has 0 atom stereocenters. The maximum Gasteiger partial charge on any atom is 0.238 e. The van der Waals surface area contributed by atoms with E-state index in [0.29, 0.717) is 6.54 Å². The van der Waals surface area contributed by atoms with Gasteiger partial charge in [0.1, 0.15) is 0 Å². The first kappa shape index (κ1) is 13.5. The lowest BCUT2D eigenvalue weighted by Crippen LogP contribution is -2.29. The molecule has 0 bridgehead atoms. The van der Waals surface area contributed by atoms with E-state index in [4.69, 9.17) is 0 Å². The van der Waals surface area contributed by atoms with Crippen LogP contribution in [0.2, 0.25) is 0 Å². The van der Waals surface area contributed by atoms with Crippen LogP contribution in [0.25, 0.3) is 0 Å². The number of halogens is 1. The molecule has 0 aliphatic rings. The van der Waals surface area contributed by atoms with E-state index in [0.717, 1.165) is 22.5 Å². The van der Waals surface area contributed by atoms with Crippen molar-refractivity contribution in [2.45, 2.75) is 0 Å². The van der Waals surface area contributed by atoms with E-state index in [1.54, 1.807) is 11.8 Å². The molecular weight excluding hydrogens is 288 g/mol. The van der Waals surface area contributed by atoms with Gasteiger partial charge in [-0.25, -0.2) is 0 Å². The topological polar surface area (TPSA) is 41.1 Å². The number of anilines is 1. The third-order valence-electron chi connectivity index (χ3n) is 1.88. The molecular formula is C11H15BrN2OS. The maximum absolute atomic E-state index is 11.5. The highest BCUT2D eigenvalue weighted by Crippen LogP contribution is 2.15. The lowest BCUT2D eigenvalue weighted by Gasteiger charge is -2.06. The van der Waals surface area contributed by atoms with Crippen LogP contribution in [0.1, 0.15) is 0 Å². The van der Waals surface area contributed by atoms with Gasteiger partial charge in [-0.2, -0.15) is 11.8 Å². The predicted octanol–water partition coefficient (Wildman–Crippen LogP) is 2.34. The van der Waals surface area contributed by atoms with E-state index >= 15 is 0 Å². The summed E-state index contributed by atoms with van der Waals surface area (Å²) in [6.07, 6.45) is 2.04. The summed E-state index contributed by atoms with van der Waals surface area (Å²) in [5.41, 5.74) is 0.811. The standard InChI is InChI=1S/C11H15BrN2OS/c1-16-6-5-13-8-11(15)14-10-4-2-3-9(12)7-10/h2-4,7,13H,5-6,8H2,1H3,(H,14,15). The first-order chi connectivity index (χ1) is 7.72. The Bertz CT molecular complexity index is 347. The Hall–Kier alpha value is -0.520. The van der Waals surface area contributed by atoms with E-state index < -0.39 is 0 Å². The Morgan fingerprint density at radius 3 is 3.00 bits per heavy atom. The summed E-state index contributed by atoms with van der Waals surface area (Å²) < 4.78 is 0.959. The molecule has 1 aromatic carbocycles. The van der Waals surface area contributed by atoms with Crippen molar-refractivity contribution in [3.05, 3.63) is 28.7 Å². The van der Waals surface area contributed by atoms with Crippen LogP contribution >= 0.6 is 27.7 Å². The smallest absolute Gasteiger partial charge is 0.238 e. The largest absolute Gasteiger partial charge is 0.325 e. The molecule has 1 aromatic rings. The predicted molar refractivity (Wildman–Crippen MR) is 74.0 cm³/mol. The number of hydrogen-bond acceptors (Lipinski definition) is 3. The highest BCUT2D eigenvalue weighted by atomic mass is 79.9. The Morgan fingerprint density at radius 1 is 1.50 bits per heavy atom. The summed E-state index contributed by atoms with van der Waals surface area (Å²) in [5.74, 6) is 1.00. The normalized spacial score (nSPS) is 10.1. The summed E-state index contributed by atoms with van der Waals surface area (Å²) in [6, 6.07) is 7.55. The summed E-state index contributed by atoms with van der Waals surface area (Å²) in [6.45, 7) is 1.21. The van der Waals surface area contributed by atoms with Crippen LogP contribution in [0.3, 0.4) is 0 Å². The van der Waals surface area contributed by atoms with Crippen LogP contribution in [0.15, 0.2) is 28.7 Å². The Morgan fingerprint density at radius 2 is 2.31 bits per heavy atom. The minimum atomic E-state index is -0.0146. The molecule has 0 heterocycles. The van der Waals surface area contributed by atoms with Gasteiger partial charge >= 0.3 is 0 Å². The monoisotopic (exact) mass is 302 g/mol. The summed E-state index contributed by atoms with van der Waals surface area (Å²) in [4.78, 5) is 11.5. The number of carbonyl (C=O) groups is 1. The lowest BCUT2D eigenvalue weighted by atomic mass is 10.3. The second kappa shape index (κ2) is 7.70. The molecule has 0 fully saturated rings. The number of benzene rings is 1. The second-order valence-electron chi connectivity index (χ2n) is 3.23. The van der Waals surface area contributed by atoms with Crippen molar-refractivity contribution in [3.63, 3.8) is 0 Å². The zero-order valence-corrected chi connectivity index (χ0v) is 11.5. The highest BCUT2D eigenvalue weighted by molar-refractivity contribution is 9.10. The molecule has 0 radical (unpaired) electrons. The van der Waals surface area contributed by atoms with Gasteiger partial charge in [0.25, 0.3) is 0 Å². The maximum atomic E-state index is 11.5. The van der Waals surface area contributed by atoms with Gasteiger partial charge in [0.15, 0.2) is 0 Å². The number of carbonyl (C=O) groups excluding carboxylic acids is 1. The number of rotatable bonds is 6. The molecule has 0 aliphatic carbocycles. The molecule has 0 spiro atoms. The van der Waals surface area contributed by atoms with Crippen LogP contribution in [-0.4, -0.2) is 31.0 Å². The highest BCUT2D eigenvalue weighted by Gasteiger charge is 2.01. The van der Waals surface area contributed by atoms with Gasteiger partial charge in [0.05, 0.1) is 6.54 Å². The average molecular weight is 303 g/mol. The van der Waals surface area contributed by atoms with Crippen molar-refractivity contribution in [2.75, 3.05) is 30.4 Å². The average Bonchev–Trinajstić information content (AvgIpc) is 2.24. The first-order valence-corrected chi connectivity index (χ1v) is 7.16. The van der Waals surface area contributed by atoms with Gasteiger partial charge in [0, 0.05) is 22.5 Å². The van der Waals surface area contributed by atoms with Gasteiger partial charge in [-0.3, -0.25) is 4.79 Å². The van der Waals surface area contributed by atoms with Crippen molar-refractivity contribution in [1.29, 1.82) is 0 Å². The van der Waals surface area contributed by atoms with Crippen molar-refractivity contribution >= 4 is 39.3 Å². The molecule has 0 aliphatic heterocycles. The van der Waals surface area contributed by atoms with Gasteiger partial charge in [-0.1, -0.05) is 22.0 Å². The van der Waals surface area contributed by atoms with Crippen molar-refractivity contribution in [2.24, 2.45) is 0 Å². The Kier molecular flexibility index (Phi) is 6.52. The molecule has 0 saturated carbocycles. The fourth-order valence-corrected chi connectivity index (χ4v) is 1.90. The number of hydrogen-bond donors (Lipinski definition) is 2. The number of thioether (sulfide) groups is 1. The molecule has 0 aromatic heterocycles. The minimum Gasteiger partial charge on any atom is -0.325 e. The molecule has 0 unspecified atom stereocenters. The van der Waals surface area contributed by atoms with Crippen LogP contribution in [0.5, 0.6) is 0 Å². The quantitative estimate of drug-likeness (QED) is 0.793. The van der Waals surface area contributed by atoms with E-state index in [9.17, 15) is 4.79 Å². The van der Waals surface area contributed by atoms with E-state index in [2.05, 4.69) is 26.6 Å². The van der Waals surface area contributed by atoms with Crippen LogP contribution in [0.4, 0.5) is 5.69 Å².